The van der Waals surface area contributed by atoms with Gasteiger partial charge in [-0.2, -0.15) is 0 Å². The van der Waals surface area contributed by atoms with Gasteiger partial charge in [0.1, 0.15) is 12.0 Å². The van der Waals surface area contributed by atoms with Gasteiger partial charge < -0.3 is 14.5 Å². The molecule has 0 saturated carbocycles. The second-order valence-electron chi connectivity index (χ2n) is 7.91. The number of aromatic nitrogens is 2. The molecule has 7 heteroatoms. The first-order valence-corrected chi connectivity index (χ1v) is 10.4. The summed E-state index contributed by atoms with van der Waals surface area (Å²) in [6.45, 7) is 8.19. The van der Waals surface area contributed by atoms with E-state index in [0.29, 0.717) is 30.9 Å². The normalized spacial score (nSPS) is 12.2. The average molecular weight is 423 g/mol. The van der Waals surface area contributed by atoms with Crippen LogP contribution in [0, 0.1) is 5.92 Å². The Kier molecular flexibility index (Phi) is 7.78. The number of carbonyl (C=O) groups excluding carboxylic acids is 1. The van der Waals surface area contributed by atoms with Crippen LogP contribution in [0.4, 0.5) is 0 Å². The van der Waals surface area contributed by atoms with E-state index in [0.717, 1.165) is 23.4 Å². The fourth-order valence-corrected chi connectivity index (χ4v) is 3.21. The van der Waals surface area contributed by atoms with Crippen LogP contribution in [-0.4, -0.2) is 33.9 Å². The van der Waals surface area contributed by atoms with Gasteiger partial charge in [0.15, 0.2) is 5.69 Å². The number of oxazole rings is 1. The molecule has 0 aliphatic rings. The molecule has 1 aromatic carbocycles. The molecule has 31 heavy (non-hydrogen) atoms. The van der Waals surface area contributed by atoms with Crippen molar-refractivity contribution in [2.24, 2.45) is 5.92 Å². The summed E-state index contributed by atoms with van der Waals surface area (Å²) in [5, 5.41) is 2.85. The zero-order chi connectivity index (χ0) is 22.2. The number of methoxy groups -OCH3 is 1. The van der Waals surface area contributed by atoms with E-state index in [9.17, 15) is 4.79 Å². The molecular formula is C24H30N4O3. The summed E-state index contributed by atoms with van der Waals surface area (Å²) in [5.74, 6) is 1.53. The highest BCUT2D eigenvalue weighted by atomic mass is 16.5. The van der Waals surface area contributed by atoms with Crippen molar-refractivity contribution in [3.8, 4) is 5.75 Å². The van der Waals surface area contributed by atoms with Gasteiger partial charge in [-0.1, -0.05) is 32.0 Å². The van der Waals surface area contributed by atoms with Gasteiger partial charge in [-0.15, -0.1) is 0 Å². The van der Waals surface area contributed by atoms with Crippen LogP contribution in [0.25, 0.3) is 0 Å². The van der Waals surface area contributed by atoms with E-state index in [1.807, 2.05) is 30.3 Å². The Morgan fingerprint density at radius 3 is 2.68 bits per heavy atom. The molecule has 1 amide bonds. The molecule has 3 aromatic rings. The lowest BCUT2D eigenvalue weighted by molar-refractivity contribution is 0.0945. The first-order chi connectivity index (χ1) is 15.0. The third-order valence-corrected chi connectivity index (χ3v) is 5.36. The van der Waals surface area contributed by atoms with Crippen molar-refractivity contribution in [2.45, 2.75) is 46.4 Å². The standard InChI is InChI=1S/C24H30N4O3/c1-17(2)18(3)28(14-19-7-5-9-21(11-19)30-4)15-23-27-22(16-31-23)24(29)26-13-20-8-6-10-25-12-20/h5-12,16-18H,13-15H2,1-4H3,(H,26,29). The van der Waals surface area contributed by atoms with Crippen LogP contribution in [-0.2, 0) is 19.6 Å². The average Bonchev–Trinajstić information content (AvgIpc) is 3.26. The molecule has 1 unspecified atom stereocenters. The molecule has 0 fully saturated rings. The van der Waals surface area contributed by atoms with Crippen LogP contribution in [0.15, 0.2) is 59.5 Å². The first-order valence-electron chi connectivity index (χ1n) is 10.4. The topological polar surface area (TPSA) is 80.5 Å². The third-order valence-electron chi connectivity index (χ3n) is 5.36. The summed E-state index contributed by atoms with van der Waals surface area (Å²) in [6, 6.07) is 12.1. The molecule has 1 atom stereocenters. The second-order valence-corrected chi connectivity index (χ2v) is 7.91. The van der Waals surface area contributed by atoms with E-state index in [1.54, 1.807) is 19.5 Å². The Labute approximate surface area is 183 Å². The van der Waals surface area contributed by atoms with Crippen LogP contribution in [0.1, 0.15) is 48.3 Å². The Hall–Kier alpha value is -3.19. The van der Waals surface area contributed by atoms with Crippen LogP contribution in [0.3, 0.4) is 0 Å². The zero-order valence-corrected chi connectivity index (χ0v) is 18.5. The molecule has 2 aromatic heterocycles. The number of amides is 1. The number of rotatable bonds is 10. The van der Waals surface area contributed by atoms with Gasteiger partial charge in [0.25, 0.3) is 5.91 Å². The number of nitrogens with zero attached hydrogens (tertiary/aromatic N) is 3. The largest absolute Gasteiger partial charge is 0.497 e. The number of hydrogen-bond donors (Lipinski definition) is 1. The maximum atomic E-state index is 12.4. The molecule has 3 rings (SSSR count). The number of ether oxygens (including phenoxy) is 1. The fourth-order valence-electron chi connectivity index (χ4n) is 3.21. The van der Waals surface area contributed by atoms with Crippen LogP contribution in [0.5, 0.6) is 5.75 Å². The Morgan fingerprint density at radius 2 is 1.97 bits per heavy atom. The van der Waals surface area contributed by atoms with Gasteiger partial charge in [-0.05, 0) is 42.2 Å². The highest BCUT2D eigenvalue weighted by molar-refractivity contribution is 5.91. The lowest BCUT2D eigenvalue weighted by atomic mass is 10.0. The summed E-state index contributed by atoms with van der Waals surface area (Å²) in [7, 11) is 1.67. The molecule has 1 N–H and O–H groups in total. The number of nitrogens with one attached hydrogen (secondary N) is 1. The predicted octanol–water partition coefficient (Wildman–Crippen LogP) is 4.05. The van der Waals surface area contributed by atoms with Crippen LogP contribution in [0.2, 0.25) is 0 Å². The molecule has 164 valence electrons. The highest BCUT2D eigenvalue weighted by Crippen LogP contribution is 2.20. The monoisotopic (exact) mass is 422 g/mol. The predicted molar refractivity (Wildman–Crippen MR) is 118 cm³/mol. The first kappa shape index (κ1) is 22.5. The minimum Gasteiger partial charge on any atom is -0.497 e. The lowest BCUT2D eigenvalue weighted by Crippen LogP contribution is -2.36. The molecule has 2 heterocycles. The summed E-state index contributed by atoms with van der Waals surface area (Å²) >= 11 is 0. The molecule has 0 spiro atoms. The number of pyridine rings is 1. The molecule has 0 radical (unpaired) electrons. The molecular weight excluding hydrogens is 392 g/mol. The van der Waals surface area contributed by atoms with Gasteiger partial charge in [-0.25, -0.2) is 4.98 Å². The molecule has 0 bridgehead atoms. The van der Waals surface area contributed by atoms with Gasteiger partial charge >= 0.3 is 0 Å². The van der Waals surface area contributed by atoms with Crippen molar-refractivity contribution in [1.82, 2.24) is 20.2 Å². The smallest absolute Gasteiger partial charge is 0.273 e. The number of hydrogen-bond acceptors (Lipinski definition) is 6. The second kappa shape index (κ2) is 10.7. The van der Waals surface area contributed by atoms with Gasteiger partial charge in [-0.3, -0.25) is 14.7 Å². The third kappa shape index (κ3) is 6.39. The van der Waals surface area contributed by atoms with E-state index in [4.69, 9.17) is 9.15 Å². The number of benzene rings is 1. The summed E-state index contributed by atoms with van der Waals surface area (Å²) in [5.41, 5.74) is 2.35. The molecule has 0 aliphatic heterocycles. The van der Waals surface area contributed by atoms with Crippen molar-refractivity contribution in [2.75, 3.05) is 7.11 Å². The van der Waals surface area contributed by atoms with Crippen molar-refractivity contribution >= 4 is 5.91 Å². The van der Waals surface area contributed by atoms with E-state index in [2.05, 4.69) is 47.0 Å². The van der Waals surface area contributed by atoms with Crippen molar-refractivity contribution in [1.29, 1.82) is 0 Å². The molecule has 0 aliphatic carbocycles. The van der Waals surface area contributed by atoms with Crippen molar-refractivity contribution in [3.63, 3.8) is 0 Å². The summed E-state index contributed by atoms with van der Waals surface area (Å²) < 4.78 is 11.0. The molecule has 0 saturated heterocycles. The number of carbonyl (C=O) groups is 1. The Bertz CT molecular complexity index is 972. The Balaban J connectivity index is 1.66. The summed E-state index contributed by atoms with van der Waals surface area (Å²) in [4.78, 5) is 23.2. The van der Waals surface area contributed by atoms with E-state index < -0.39 is 0 Å². The van der Waals surface area contributed by atoms with E-state index >= 15 is 0 Å². The fraction of sp³-hybridized carbons (Fsp3) is 0.375. The van der Waals surface area contributed by atoms with Crippen molar-refractivity contribution in [3.05, 3.63) is 77.8 Å². The maximum Gasteiger partial charge on any atom is 0.273 e. The van der Waals surface area contributed by atoms with E-state index in [-0.39, 0.29) is 11.6 Å². The van der Waals surface area contributed by atoms with Crippen LogP contribution < -0.4 is 10.1 Å². The minimum absolute atomic E-state index is 0.268. The lowest BCUT2D eigenvalue weighted by Gasteiger charge is -2.30. The highest BCUT2D eigenvalue weighted by Gasteiger charge is 2.21. The maximum absolute atomic E-state index is 12.4. The quantitative estimate of drug-likeness (QED) is 0.531. The van der Waals surface area contributed by atoms with E-state index in [1.165, 1.54) is 6.26 Å². The zero-order valence-electron chi connectivity index (χ0n) is 18.5. The Morgan fingerprint density at radius 1 is 1.16 bits per heavy atom. The van der Waals surface area contributed by atoms with Crippen molar-refractivity contribution < 1.29 is 13.9 Å². The SMILES string of the molecule is COc1cccc(CN(Cc2nc(C(=O)NCc3cccnc3)co2)C(C)C(C)C)c1. The van der Waals surface area contributed by atoms with Gasteiger partial charge in [0.05, 0.1) is 13.7 Å². The summed E-state index contributed by atoms with van der Waals surface area (Å²) in [6.07, 6.45) is 4.83. The van der Waals surface area contributed by atoms with Gasteiger partial charge in [0, 0.05) is 31.5 Å². The van der Waals surface area contributed by atoms with Crippen LogP contribution >= 0.6 is 0 Å². The van der Waals surface area contributed by atoms with Gasteiger partial charge in [0.2, 0.25) is 5.89 Å². The molecule has 7 nitrogen and oxygen atoms in total. The minimum atomic E-state index is -0.268.